The van der Waals surface area contributed by atoms with Crippen molar-refractivity contribution in [2.75, 3.05) is 19.0 Å². The van der Waals surface area contributed by atoms with Crippen molar-refractivity contribution in [3.05, 3.63) is 58.7 Å². The van der Waals surface area contributed by atoms with Crippen LogP contribution in [-0.4, -0.2) is 48.3 Å². The van der Waals surface area contributed by atoms with E-state index in [2.05, 4.69) is 10.6 Å². The number of methoxy groups -OCH3 is 1. The standard InChI is InChI=1S/C24H21N3O6/c1-32-19-3-2-4-20-17(19)10-14(12-33-20)22(29)25-15-5-6-16-13(9-15)11-27(24(16)31)18-7-8-21(28)26-23(18)30/h2-6,9-10,18H,7-8,11-12H2,1H3,(H,25,29)(H,26,28,30). The second-order valence-corrected chi connectivity index (χ2v) is 8.06. The van der Waals surface area contributed by atoms with E-state index in [4.69, 9.17) is 9.47 Å². The van der Waals surface area contributed by atoms with Crippen LogP contribution in [0.1, 0.15) is 34.3 Å². The first-order valence-corrected chi connectivity index (χ1v) is 10.5. The highest BCUT2D eigenvalue weighted by Gasteiger charge is 2.39. The number of ether oxygens (including phenoxy) is 2. The Bertz CT molecular complexity index is 1230. The summed E-state index contributed by atoms with van der Waals surface area (Å²) in [5.41, 5.74) is 2.87. The molecule has 5 rings (SSSR count). The van der Waals surface area contributed by atoms with Gasteiger partial charge in [-0.3, -0.25) is 24.5 Å². The molecule has 2 N–H and O–H groups in total. The lowest BCUT2D eigenvalue weighted by Crippen LogP contribution is -2.52. The highest BCUT2D eigenvalue weighted by molar-refractivity contribution is 6.09. The molecular weight excluding hydrogens is 426 g/mol. The lowest BCUT2D eigenvalue weighted by Gasteiger charge is -2.29. The Kier molecular flexibility index (Phi) is 5.08. The molecular formula is C24H21N3O6. The van der Waals surface area contributed by atoms with Crippen LogP contribution in [0, 0.1) is 0 Å². The average Bonchev–Trinajstić information content (AvgIpc) is 3.13. The molecule has 0 spiro atoms. The number of carbonyl (C=O) groups excluding carboxylic acids is 4. The van der Waals surface area contributed by atoms with Crippen LogP contribution in [0.2, 0.25) is 0 Å². The number of rotatable bonds is 4. The van der Waals surface area contributed by atoms with Gasteiger partial charge >= 0.3 is 0 Å². The summed E-state index contributed by atoms with van der Waals surface area (Å²) in [7, 11) is 1.56. The van der Waals surface area contributed by atoms with Gasteiger partial charge in [0.25, 0.3) is 11.8 Å². The van der Waals surface area contributed by atoms with Gasteiger partial charge < -0.3 is 19.7 Å². The predicted octanol–water partition coefficient (Wildman–Crippen LogP) is 1.87. The number of piperidine rings is 1. The number of nitrogens with zero attached hydrogens (tertiary/aromatic N) is 1. The Morgan fingerprint density at radius 2 is 2.06 bits per heavy atom. The third-order valence-electron chi connectivity index (χ3n) is 6.02. The molecule has 1 unspecified atom stereocenters. The van der Waals surface area contributed by atoms with Gasteiger partial charge in [0, 0.05) is 24.2 Å². The summed E-state index contributed by atoms with van der Waals surface area (Å²) in [5.74, 6) is -0.104. The van der Waals surface area contributed by atoms with Gasteiger partial charge in [-0.05, 0) is 48.4 Å². The van der Waals surface area contributed by atoms with E-state index in [0.29, 0.717) is 45.9 Å². The summed E-state index contributed by atoms with van der Waals surface area (Å²) in [6.45, 7) is 0.360. The summed E-state index contributed by atoms with van der Waals surface area (Å²) in [6.07, 6.45) is 2.24. The van der Waals surface area contributed by atoms with E-state index in [-0.39, 0.29) is 37.3 Å². The second kappa shape index (κ2) is 8.09. The van der Waals surface area contributed by atoms with Gasteiger partial charge in [0.2, 0.25) is 11.8 Å². The fourth-order valence-electron chi connectivity index (χ4n) is 4.34. The van der Waals surface area contributed by atoms with Crippen LogP contribution in [0.25, 0.3) is 6.08 Å². The molecule has 3 aliphatic heterocycles. The lowest BCUT2D eigenvalue weighted by atomic mass is 10.0. The maximum Gasteiger partial charge on any atom is 0.255 e. The highest BCUT2D eigenvalue weighted by atomic mass is 16.5. The number of hydrogen-bond donors (Lipinski definition) is 2. The predicted molar refractivity (Wildman–Crippen MR) is 118 cm³/mol. The number of nitrogens with one attached hydrogen (secondary N) is 2. The van der Waals surface area contributed by atoms with E-state index in [1.165, 1.54) is 4.90 Å². The Morgan fingerprint density at radius 3 is 2.85 bits per heavy atom. The summed E-state index contributed by atoms with van der Waals surface area (Å²) in [6, 6.07) is 9.78. The molecule has 2 aromatic rings. The SMILES string of the molecule is COc1cccc2c1C=C(C(=O)Nc1ccc3c(c1)CN(C1CCC(=O)NC1=O)C3=O)CO2. The van der Waals surface area contributed by atoms with Gasteiger partial charge in [0.1, 0.15) is 24.1 Å². The third-order valence-corrected chi connectivity index (χ3v) is 6.02. The fraction of sp³-hybridized carbons (Fsp3) is 0.250. The Hall–Kier alpha value is -4.14. The smallest absolute Gasteiger partial charge is 0.255 e. The van der Waals surface area contributed by atoms with E-state index in [9.17, 15) is 19.2 Å². The molecule has 33 heavy (non-hydrogen) atoms. The quantitative estimate of drug-likeness (QED) is 0.692. The van der Waals surface area contributed by atoms with Crippen LogP contribution < -0.4 is 20.1 Å². The zero-order valence-corrected chi connectivity index (χ0v) is 17.8. The normalized spacial score (nSPS) is 19.2. The number of benzene rings is 2. The molecule has 3 aliphatic rings. The van der Waals surface area contributed by atoms with E-state index in [0.717, 1.165) is 0 Å². The fourth-order valence-corrected chi connectivity index (χ4v) is 4.34. The molecule has 9 heteroatoms. The molecule has 1 fully saturated rings. The summed E-state index contributed by atoms with van der Waals surface area (Å²) in [5, 5.41) is 5.14. The van der Waals surface area contributed by atoms with Crippen LogP contribution in [0.3, 0.4) is 0 Å². The molecule has 0 aromatic heterocycles. The number of anilines is 1. The number of imide groups is 1. The first kappa shape index (κ1) is 20.7. The lowest BCUT2D eigenvalue weighted by molar-refractivity contribution is -0.136. The topological polar surface area (TPSA) is 114 Å². The van der Waals surface area contributed by atoms with Crippen LogP contribution in [0.5, 0.6) is 11.5 Å². The van der Waals surface area contributed by atoms with Crippen LogP contribution in [0.15, 0.2) is 42.0 Å². The Morgan fingerprint density at radius 1 is 1.21 bits per heavy atom. The number of fused-ring (bicyclic) bond motifs is 2. The molecule has 2 aromatic carbocycles. The minimum Gasteiger partial charge on any atom is -0.496 e. The van der Waals surface area contributed by atoms with Gasteiger partial charge in [-0.25, -0.2) is 0 Å². The largest absolute Gasteiger partial charge is 0.496 e. The van der Waals surface area contributed by atoms with Crippen LogP contribution in [-0.2, 0) is 20.9 Å². The van der Waals surface area contributed by atoms with E-state index >= 15 is 0 Å². The third kappa shape index (κ3) is 3.71. The van der Waals surface area contributed by atoms with Crippen molar-refractivity contribution in [2.45, 2.75) is 25.4 Å². The monoisotopic (exact) mass is 447 g/mol. The maximum absolute atomic E-state index is 12.9. The zero-order valence-electron chi connectivity index (χ0n) is 17.8. The maximum atomic E-state index is 12.9. The van der Waals surface area contributed by atoms with Crippen molar-refractivity contribution in [1.29, 1.82) is 0 Å². The molecule has 1 saturated heterocycles. The average molecular weight is 447 g/mol. The van der Waals surface area contributed by atoms with Crippen molar-refractivity contribution >= 4 is 35.4 Å². The molecule has 1 atom stereocenters. The van der Waals surface area contributed by atoms with E-state index in [1.54, 1.807) is 37.5 Å². The molecule has 168 valence electrons. The molecule has 3 heterocycles. The Labute approximate surface area is 189 Å². The molecule has 9 nitrogen and oxygen atoms in total. The molecule has 0 bridgehead atoms. The highest BCUT2D eigenvalue weighted by Crippen LogP contribution is 2.34. The Balaban J connectivity index is 1.33. The van der Waals surface area contributed by atoms with Gasteiger partial charge in [-0.2, -0.15) is 0 Å². The minimum atomic E-state index is -0.680. The van der Waals surface area contributed by atoms with Gasteiger partial charge in [0.15, 0.2) is 0 Å². The van der Waals surface area contributed by atoms with Crippen molar-refractivity contribution in [3.8, 4) is 11.5 Å². The van der Waals surface area contributed by atoms with Gasteiger partial charge in [0.05, 0.1) is 18.2 Å². The van der Waals surface area contributed by atoms with Gasteiger partial charge in [-0.15, -0.1) is 0 Å². The second-order valence-electron chi connectivity index (χ2n) is 8.06. The number of hydrogen-bond acceptors (Lipinski definition) is 6. The van der Waals surface area contributed by atoms with Crippen molar-refractivity contribution < 1.29 is 28.7 Å². The zero-order chi connectivity index (χ0) is 23.1. The molecule has 4 amide bonds. The summed E-state index contributed by atoms with van der Waals surface area (Å²) < 4.78 is 11.1. The number of amides is 4. The van der Waals surface area contributed by atoms with Crippen molar-refractivity contribution in [3.63, 3.8) is 0 Å². The van der Waals surface area contributed by atoms with Gasteiger partial charge in [-0.1, -0.05) is 6.07 Å². The first-order chi connectivity index (χ1) is 15.9. The first-order valence-electron chi connectivity index (χ1n) is 10.5. The van der Waals surface area contributed by atoms with Crippen LogP contribution in [0.4, 0.5) is 5.69 Å². The number of carbonyl (C=O) groups is 4. The molecule has 0 radical (unpaired) electrons. The van der Waals surface area contributed by atoms with Crippen molar-refractivity contribution in [2.24, 2.45) is 0 Å². The van der Waals surface area contributed by atoms with Crippen LogP contribution >= 0.6 is 0 Å². The van der Waals surface area contributed by atoms with Crippen molar-refractivity contribution in [1.82, 2.24) is 10.2 Å². The summed E-state index contributed by atoms with van der Waals surface area (Å²) >= 11 is 0. The molecule has 0 saturated carbocycles. The summed E-state index contributed by atoms with van der Waals surface area (Å²) in [4.78, 5) is 50.8. The molecule has 0 aliphatic carbocycles. The van der Waals surface area contributed by atoms with E-state index < -0.39 is 11.9 Å². The minimum absolute atomic E-state index is 0.124. The van der Waals surface area contributed by atoms with E-state index in [1.807, 2.05) is 12.1 Å².